The number of nitrogens with zero attached hydrogens (tertiary/aromatic N) is 1. The summed E-state index contributed by atoms with van der Waals surface area (Å²) in [5.41, 5.74) is 4.32. The van der Waals surface area contributed by atoms with Crippen LogP contribution in [0.4, 0.5) is 5.69 Å². The van der Waals surface area contributed by atoms with Crippen LogP contribution in [0.25, 0.3) is 0 Å². The summed E-state index contributed by atoms with van der Waals surface area (Å²) in [6.07, 6.45) is 1.49. The first-order valence-corrected chi connectivity index (χ1v) is 9.61. The first-order valence-electron chi connectivity index (χ1n) is 9.23. The predicted molar refractivity (Wildman–Crippen MR) is 120 cm³/mol. The third-order valence-electron chi connectivity index (χ3n) is 4.29. The average molecular weight is 438 g/mol. The summed E-state index contributed by atoms with van der Waals surface area (Å²) in [5, 5.41) is 7.05. The standard InChI is InChI=1S/C23H20ClN3O4/c1-30-20-11-10-15(12-21(20)31-2)14-25-27-22(28)16-6-5-7-17(13-16)26-23(29)18-8-3-4-9-19(18)24/h3-14H,1-2H3,(H,26,29)(H,27,28)/b25-14+. The summed E-state index contributed by atoms with van der Waals surface area (Å²) >= 11 is 6.06. The molecule has 0 bridgehead atoms. The van der Waals surface area contributed by atoms with Gasteiger partial charge in [-0.25, -0.2) is 5.43 Å². The maximum absolute atomic E-state index is 12.4. The molecular weight excluding hydrogens is 418 g/mol. The van der Waals surface area contributed by atoms with Crippen molar-refractivity contribution in [3.8, 4) is 11.5 Å². The number of hydrogen-bond donors (Lipinski definition) is 2. The molecule has 0 saturated carbocycles. The minimum absolute atomic E-state index is 0.335. The summed E-state index contributed by atoms with van der Waals surface area (Å²) in [6, 6.07) is 18.5. The molecule has 3 rings (SSSR count). The molecule has 2 amide bonds. The number of nitrogens with one attached hydrogen (secondary N) is 2. The summed E-state index contributed by atoms with van der Waals surface area (Å²) in [5.74, 6) is 0.360. The molecule has 0 spiro atoms. The van der Waals surface area contributed by atoms with E-state index in [1.807, 2.05) is 0 Å². The van der Waals surface area contributed by atoms with Crippen LogP contribution >= 0.6 is 11.6 Å². The number of ether oxygens (including phenoxy) is 2. The largest absolute Gasteiger partial charge is 0.493 e. The maximum atomic E-state index is 12.4. The smallest absolute Gasteiger partial charge is 0.271 e. The fourth-order valence-corrected chi connectivity index (χ4v) is 2.97. The first-order chi connectivity index (χ1) is 15.0. The SMILES string of the molecule is COc1ccc(/C=N/NC(=O)c2cccc(NC(=O)c3ccccc3Cl)c2)cc1OC. The highest BCUT2D eigenvalue weighted by molar-refractivity contribution is 6.34. The Bertz CT molecular complexity index is 1130. The molecule has 7 nitrogen and oxygen atoms in total. The quantitative estimate of drug-likeness (QED) is 0.424. The van der Waals surface area contributed by atoms with Gasteiger partial charge >= 0.3 is 0 Å². The van der Waals surface area contributed by atoms with E-state index in [0.717, 1.165) is 5.56 Å². The highest BCUT2D eigenvalue weighted by atomic mass is 35.5. The van der Waals surface area contributed by atoms with E-state index in [2.05, 4.69) is 15.8 Å². The molecule has 0 radical (unpaired) electrons. The number of carbonyl (C=O) groups excluding carboxylic acids is 2. The molecule has 2 N–H and O–H groups in total. The van der Waals surface area contributed by atoms with Crippen molar-refractivity contribution in [2.45, 2.75) is 0 Å². The number of hydrogen-bond acceptors (Lipinski definition) is 5. The molecular formula is C23H20ClN3O4. The van der Waals surface area contributed by atoms with Crippen LogP contribution in [-0.4, -0.2) is 32.2 Å². The summed E-state index contributed by atoms with van der Waals surface area (Å²) in [6.45, 7) is 0. The van der Waals surface area contributed by atoms with Gasteiger partial charge in [0.2, 0.25) is 0 Å². The Morgan fingerprint density at radius 2 is 1.68 bits per heavy atom. The minimum atomic E-state index is -0.425. The lowest BCUT2D eigenvalue weighted by atomic mass is 10.1. The van der Waals surface area contributed by atoms with Gasteiger partial charge in [-0.05, 0) is 54.1 Å². The zero-order valence-corrected chi connectivity index (χ0v) is 17.6. The first kappa shape index (κ1) is 21.9. The molecule has 0 fully saturated rings. The molecule has 0 aliphatic heterocycles. The number of amides is 2. The highest BCUT2D eigenvalue weighted by Crippen LogP contribution is 2.26. The molecule has 158 valence electrons. The van der Waals surface area contributed by atoms with Crippen molar-refractivity contribution in [2.75, 3.05) is 19.5 Å². The number of halogens is 1. The Kier molecular flexibility index (Phi) is 7.24. The number of carbonyl (C=O) groups is 2. The van der Waals surface area contributed by atoms with Gasteiger partial charge < -0.3 is 14.8 Å². The van der Waals surface area contributed by atoms with Gasteiger partial charge in [0.15, 0.2) is 11.5 Å². The van der Waals surface area contributed by atoms with Crippen LogP contribution < -0.4 is 20.2 Å². The second-order valence-electron chi connectivity index (χ2n) is 6.33. The fraction of sp³-hybridized carbons (Fsp3) is 0.0870. The molecule has 0 aliphatic rings. The highest BCUT2D eigenvalue weighted by Gasteiger charge is 2.11. The van der Waals surface area contributed by atoms with E-state index in [4.69, 9.17) is 21.1 Å². The van der Waals surface area contributed by atoms with Crippen LogP contribution in [0.1, 0.15) is 26.3 Å². The summed E-state index contributed by atoms with van der Waals surface area (Å²) < 4.78 is 10.4. The average Bonchev–Trinajstić information content (AvgIpc) is 2.79. The number of methoxy groups -OCH3 is 2. The Morgan fingerprint density at radius 3 is 2.42 bits per heavy atom. The van der Waals surface area contributed by atoms with Gasteiger partial charge in [0.05, 0.1) is 31.0 Å². The Balaban J connectivity index is 1.65. The number of benzene rings is 3. The number of anilines is 1. The van der Waals surface area contributed by atoms with Crippen LogP contribution in [0.5, 0.6) is 11.5 Å². The number of rotatable bonds is 7. The van der Waals surface area contributed by atoms with E-state index in [9.17, 15) is 9.59 Å². The molecule has 0 aliphatic carbocycles. The van der Waals surface area contributed by atoms with Crippen LogP contribution in [0.3, 0.4) is 0 Å². The van der Waals surface area contributed by atoms with E-state index in [-0.39, 0.29) is 5.91 Å². The van der Waals surface area contributed by atoms with Crippen molar-refractivity contribution < 1.29 is 19.1 Å². The van der Waals surface area contributed by atoms with Crippen molar-refractivity contribution in [3.05, 3.63) is 88.4 Å². The number of hydrazone groups is 1. The van der Waals surface area contributed by atoms with Gasteiger partial charge in [-0.3, -0.25) is 9.59 Å². The van der Waals surface area contributed by atoms with Crippen molar-refractivity contribution in [1.82, 2.24) is 5.43 Å². The van der Waals surface area contributed by atoms with Crippen molar-refractivity contribution in [3.63, 3.8) is 0 Å². The van der Waals surface area contributed by atoms with Gasteiger partial charge in [-0.15, -0.1) is 0 Å². The topological polar surface area (TPSA) is 89.0 Å². The van der Waals surface area contributed by atoms with Crippen LogP contribution in [0.15, 0.2) is 71.8 Å². The van der Waals surface area contributed by atoms with Crippen molar-refractivity contribution in [1.29, 1.82) is 0 Å². The third-order valence-corrected chi connectivity index (χ3v) is 4.62. The second-order valence-corrected chi connectivity index (χ2v) is 6.74. The van der Waals surface area contributed by atoms with Crippen molar-refractivity contribution >= 4 is 35.3 Å². The molecule has 3 aromatic carbocycles. The fourth-order valence-electron chi connectivity index (χ4n) is 2.75. The minimum Gasteiger partial charge on any atom is -0.493 e. The van der Waals surface area contributed by atoms with Crippen molar-refractivity contribution in [2.24, 2.45) is 5.10 Å². The van der Waals surface area contributed by atoms with Crippen LogP contribution in [0.2, 0.25) is 5.02 Å². The zero-order chi connectivity index (χ0) is 22.2. The van der Waals surface area contributed by atoms with Gasteiger partial charge in [0, 0.05) is 11.3 Å². The molecule has 31 heavy (non-hydrogen) atoms. The lowest BCUT2D eigenvalue weighted by Crippen LogP contribution is -2.18. The molecule has 0 aromatic heterocycles. The second kappa shape index (κ2) is 10.3. The monoisotopic (exact) mass is 437 g/mol. The Morgan fingerprint density at radius 1 is 0.903 bits per heavy atom. The van der Waals surface area contributed by atoms with Gasteiger partial charge in [-0.2, -0.15) is 5.10 Å². The van der Waals surface area contributed by atoms with E-state index in [1.165, 1.54) is 13.3 Å². The van der Waals surface area contributed by atoms with Crippen LogP contribution in [-0.2, 0) is 0 Å². The molecule has 0 heterocycles. The van der Waals surface area contributed by atoms with E-state index in [1.54, 1.807) is 73.8 Å². The summed E-state index contributed by atoms with van der Waals surface area (Å²) in [7, 11) is 3.09. The lowest BCUT2D eigenvalue weighted by Gasteiger charge is -2.08. The maximum Gasteiger partial charge on any atom is 0.271 e. The molecule has 3 aromatic rings. The zero-order valence-electron chi connectivity index (χ0n) is 16.9. The normalized spacial score (nSPS) is 10.5. The van der Waals surface area contributed by atoms with E-state index >= 15 is 0 Å². The van der Waals surface area contributed by atoms with E-state index < -0.39 is 5.91 Å². The van der Waals surface area contributed by atoms with E-state index in [0.29, 0.717) is 33.3 Å². The summed E-state index contributed by atoms with van der Waals surface area (Å²) in [4.78, 5) is 24.8. The molecule has 8 heteroatoms. The lowest BCUT2D eigenvalue weighted by molar-refractivity contribution is 0.0953. The molecule has 0 atom stereocenters. The molecule has 0 unspecified atom stereocenters. The van der Waals surface area contributed by atoms with Gasteiger partial charge in [0.25, 0.3) is 11.8 Å². The van der Waals surface area contributed by atoms with Crippen LogP contribution in [0, 0.1) is 0 Å². The van der Waals surface area contributed by atoms with Gasteiger partial charge in [-0.1, -0.05) is 29.8 Å². The van der Waals surface area contributed by atoms with Gasteiger partial charge in [0.1, 0.15) is 0 Å². The Hall–Kier alpha value is -3.84. The molecule has 0 saturated heterocycles. The Labute approximate surface area is 184 Å². The third kappa shape index (κ3) is 5.61. The predicted octanol–water partition coefficient (Wildman–Crippen LogP) is 4.37.